The van der Waals surface area contributed by atoms with Crippen LogP contribution in [0.2, 0.25) is 0 Å². The average Bonchev–Trinajstić information content (AvgIpc) is 2.74. The number of benzene rings is 1. The van der Waals surface area contributed by atoms with Crippen LogP contribution < -0.4 is 4.74 Å². The Balaban J connectivity index is 1.93. The molecule has 0 saturated heterocycles. The maximum absolute atomic E-state index is 10.5. The smallest absolute Gasteiger partial charge is 0.174 e. The van der Waals surface area contributed by atoms with Crippen molar-refractivity contribution >= 4 is 0 Å². The topological polar surface area (TPSA) is 53.2 Å². The first-order valence-corrected chi connectivity index (χ1v) is 8.38. The molecule has 2 aliphatic carbocycles. The summed E-state index contributed by atoms with van der Waals surface area (Å²) < 4.78 is 5.61. The van der Waals surface area contributed by atoms with E-state index in [1.165, 1.54) is 11.1 Å². The molecule has 0 radical (unpaired) electrons. The maximum atomic E-state index is 10.5. The SMILES string of the molecule is CCC[C@H]1[C@H](O)C[C@@H]2Cc3c(cccc3OCC#N)C[C@@]21C. The minimum absolute atomic E-state index is 0.0967. The van der Waals surface area contributed by atoms with Crippen molar-refractivity contribution in [1.82, 2.24) is 0 Å². The summed E-state index contributed by atoms with van der Waals surface area (Å²) in [7, 11) is 0. The molecule has 0 heterocycles. The van der Waals surface area contributed by atoms with Crippen molar-refractivity contribution in [2.24, 2.45) is 17.3 Å². The Labute approximate surface area is 132 Å². The van der Waals surface area contributed by atoms with Crippen LogP contribution in [0.3, 0.4) is 0 Å². The van der Waals surface area contributed by atoms with Gasteiger partial charge in [-0.1, -0.05) is 32.4 Å². The molecule has 0 bridgehead atoms. The van der Waals surface area contributed by atoms with E-state index in [0.29, 0.717) is 11.8 Å². The summed E-state index contributed by atoms with van der Waals surface area (Å²) in [6.45, 7) is 4.66. The third kappa shape index (κ3) is 2.40. The van der Waals surface area contributed by atoms with Gasteiger partial charge in [-0.15, -0.1) is 0 Å². The molecular formula is C19H25NO2. The van der Waals surface area contributed by atoms with E-state index in [1.807, 2.05) is 18.2 Å². The maximum Gasteiger partial charge on any atom is 0.174 e. The molecular weight excluding hydrogens is 274 g/mol. The molecule has 3 heteroatoms. The van der Waals surface area contributed by atoms with E-state index in [0.717, 1.165) is 37.9 Å². The Morgan fingerprint density at radius 1 is 1.45 bits per heavy atom. The fourth-order valence-electron chi connectivity index (χ4n) is 4.80. The van der Waals surface area contributed by atoms with Crippen LogP contribution in [0, 0.1) is 28.6 Å². The number of aliphatic hydroxyl groups excluding tert-OH is 1. The van der Waals surface area contributed by atoms with Crippen LogP contribution in [0.4, 0.5) is 0 Å². The minimum Gasteiger partial charge on any atom is -0.478 e. The molecule has 2 aliphatic rings. The van der Waals surface area contributed by atoms with Gasteiger partial charge >= 0.3 is 0 Å². The van der Waals surface area contributed by atoms with E-state index >= 15 is 0 Å². The zero-order valence-electron chi connectivity index (χ0n) is 13.5. The van der Waals surface area contributed by atoms with Gasteiger partial charge in [0, 0.05) is 0 Å². The number of nitrogens with zero attached hydrogens (tertiary/aromatic N) is 1. The Morgan fingerprint density at radius 2 is 2.27 bits per heavy atom. The van der Waals surface area contributed by atoms with Crippen molar-refractivity contribution in [1.29, 1.82) is 5.26 Å². The lowest BCUT2D eigenvalue weighted by molar-refractivity contribution is 0.0671. The van der Waals surface area contributed by atoms with Crippen molar-refractivity contribution in [2.45, 2.75) is 52.1 Å². The van der Waals surface area contributed by atoms with Gasteiger partial charge in [0.1, 0.15) is 11.8 Å². The van der Waals surface area contributed by atoms with Gasteiger partial charge in [0.05, 0.1) is 6.10 Å². The van der Waals surface area contributed by atoms with Crippen LogP contribution in [-0.2, 0) is 12.8 Å². The minimum atomic E-state index is -0.173. The molecule has 1 aromatic rings. The highest BCUT2D eigenvalue weighted by molar-refractivity contribution is 5.44. The van der Waals surface area contributed by atoms with Gasteiger partial charge in [-0.3, -0.25) is 0 Å². The second-order valence-electron chi connectivity index (χ2n) is 7.12. The highest BCUT2D eigenvalue weighted by Gasteiger charge is 2.52. The number of nitriles is 1. The van der Waals surface area contributed by atoms with Gasteiger partial charge in [0.25, 0.3) is 0 Å². The van der Waals surface area contributed by atoms with Crippen molar-refractivity contribution in [3.05, 3.63) is 29.3 Å². The number of rotatable bonds is 4. The second-order valence-corrected chi connectivity index (χ2v) is 7.12. The molecule has 118 valence electrons. The van der Waals surface area contributed by atoms with Crippen molar-refractivity contribution in [2.75, 3.05) is 6.61 Å². The first-order valence-electron chi connectivity index (χ1n) is 8.38. The molecule has 1 N–H and O–H groups in total. The Kier molecular flexibility index (Phi) is 4.14. The number of fused-ring (bicyclic) bond motifs is 2. The zero-order chi connectivity index (χ0) is 15.7. The summed E-state index contributed by atoms with van der Waals surface area (Å²) >= 11 is 0. The van der Waals surface area contributed by atoms with Crippen LogP contribution in [-0.4, -0.2) is 17.8 Å². The Morgan fingerprint density at radius 3 is 3.00 bits per heavy atom. The molecule has 3 rings (SSSR count). The summed E-state index contributed by atoms with van der Waals surface area (Å²) in [4.78, 5) is 0. The fourth-order valence-corrected chi connectivity index (χ4v) is 4.80. The normalized spacial score (nSPS) is 32.9. The lowest BCUT2D eigenvalue weighted by Crippen LogP contribution is -2.37. The number of hydrogen-bond acceptors (Lipinski definition) is 3. The van der Waals surface area contributed by atoms with Crippen LogP contribution in [0.25, 0.3) is 0 Å². The van der Waals surface area contributed by atoms with Crippen LogP contribution >= 0.6 is 0 Å². The predicted molar refractivity (Wildman–Crippen MR) is 85.6 cm³/mol. The van der Waals surface area contributed by atoms with Gasteiger partial charge in [-0.25, -0.2) is 0 Å². The third-order valence-corrected chi connectivity index (χ3v) is 5.91. The van der Waals surface area contributed by atoms with Gasteiger partial charge in [0.15, 0.2) is 6.61 Å². The number of aliphatic hydroxyl groups is 1. The molecule has 22 heavy (non-hydrogen) atoms. The zero-order valence-corrected chi connectivity index (χ0v) is 13.5. The van der Waals surface area contributed by atoms with E-state index in [1.54, 1.807) is 0 Å². The summed E-state index contributed by atoms with van der Waals surface area (Å²) in [5.41, 5.74) is 2.78. The molecule has 3 nitrogen and oxygen atoms in total. The predicted octanol–water partition coefficient (Wildman–Crippen LogP) is 3.49. The summed E-state index contributed by atoms with van der Waals surface area (Å²) in [5, 5.41) is 19.3. The lowest BCUT2D eigenvalue weighted by atomic mass is 9.63. The van der Waals surface area contributed by atoms with E-state index in [4.69, 9.17) is 10.00 Å². The second kappa shape index (κ2) is 5.93. The number of hydrogen-bond donors (Lipinski definition) is 1. The highest BCUT2D eigenvalue weighted by Crippen LogP contribution is 2.56. The van der Waals surface area contributed by atoms with Crippen LogP contribution in [0.5, 0.6) is 5.75 Å². The molecule has 0 aliphatic heterocycles. The van der Waals surface area contributed by atoms with Gasteiger partial charge < -0.3 is 9.84 Å². The fraction of sp³-hybridized carbons (Fsp3) is 0.632. The van der Waals surface area contributed by atoms with E-state index < -0.39 is 0 Å². The van der Waals surface area contributed by atoms with Gasteiger partial charge in [-0.05, 0) is 60.1 Å². The Bertz CT molecular complexity index is 592. The van der Waals surface area contributed by atoms with E-state index in [-0.39, 0.29) is 18.1 Å². The Hall–Kier alpha value is -1.53. The number of ether oxygens (including phenoxy) is 1. The standard InChI is InChI=1S/C19H25NO2/c1-3-5-16-17(21)11-14-10-15-13(12-19(14,16)2)6-4-7-18(15)22-9-8-20/h4,6-7,14,16-17,21H,3,5,9-12H2,1-2H3/t14-,16-,17+,19-/m0/s1. The van der Waals surface area contributed by atoms with Crippen molar-refractivity contribution in [3.63, 3.8) is 0 Å². The van der Waals surface area contributed by atoms with Crippen molar-refractivity contribution < 1.29 is 9.84 Å². The highest BCUT2D eigenvalue weighted by atomic mass is 16.5. The van der Waals surface area contributed by atoms with Crippen LogP contribution in [0.1, 0.15) is 44.2 Å². The molecule has 0 amide bonds. The van der Waals surface area contributed by atoms with Crippen molar-refractivity contribution in [3.8, 4) is 11.8 Å². The molecule has 0 spiro atoms. The molecule has 0 unspecified atom stereocenters. The summed E-state index contributed by atoms with van der Waals surface area (Å²) in [6, 6.07) is 8.22. The largest absolute Gasteiger partial charge is 0.478 e. The molecule has 1 aromatic carbocycles. The third-order valence-electron chi connectivity index (χ3n) is 5.91. The van der Waals surface area contributed by atoms with E-state index in [9.17, 15) is 5.11 Å². The first-order chi connectivity index (χ1) is 10.6. The molecule has 1 saturated carbocycles. The van der Waals surface area contributed by atoms with Gasteiger partial charge in [-0.2, -0.15) is 5.26 Å². The quantitative estimate of drug-likeness (QED) is 0.926. The van der Waals surface area contributed by atoms with Gasteiger partial charge in [0.2, 0.25) is 0 Å². The molecule has 1 fully saturated rings. The first kappa shape index (κ1) is 15.4. The summed E-state index contributed by atoms with van der Waals surface area (Å²) in [6.07, 6.45) is 4.93. The van der Waals surface area contributed by atoms with Crippen LogP contribution in [0.15, 0.2) is 18.2 Å². The van der Waals surface area contributed by atoms with E-state index in [2.05, 4.69) is 19.9 Å². The summed E-state index contributed by atoms with van der Waals surface area (Å²) in [5.74, 6) is 1.77. The molecule has 4 atom stereocenters. The monoisotopic (exact) mass is 299 g/mol. The molecule has 0 aromatic heterocycles. The average molecular weight is 299 g/mol. The lowest BCUT2D eigenvalue weighted by Gasteiger charge is -2.42.